The van der Waals surface area contributed by atoms with Crippen LogP contribution in [0.2, 0.25) is 0 Å². The molecule has 0 bridgehead atoms. The first kappa shape index (κ1) is 24.3. The van der Waals surface area contributed by atoms with Crippen LogP contribution in [-0.4, -0.2) is 60.3 Å². The SMILES string of the molecule is CC(OCCSc1cc(-c2cn[nH]c2)ccc1NC(=O)C1COc2ccc(F)cc2C1)N(C)C. The second-order valence-electron chi connectivity index (χ2n) is 8.43. The number of fused-ring (bicyclic) bond motifs is 1. The Bertz CT molecular complexity index is 1120. The van der Waals surface area contributed by atoms with Crippen molar-refractivity contribution in [3.05, 3.63) is 60.2 Å². The van der Waals surface area contributed by atoms with E-state index in [-0.39, 0.29) is 24.6 Å². The Balaban J connectivity index is 1.46. The molecule has 3 aromatic rings. The molecule has 180 valence electrons. The van der Waals surface area contributed by atoms with E-state index in [0.717, 1.165) is 27.5 Å². The summed E-state index contributed by atoms with van der Waals surface area (Å²) in [6, 6.07) is 10.3. The van der Waals surface area contributed by atoms with Gasteiger partial charge in [-0.3, -0.25) is 14.8 Å². The number of hydrogen-bond acceptors (Lipinski definition) is 6. The van der Waals surface area contributed by atoms with Gasteiger partial charge >= 0.3 is 0 Å². The molecule has 1 aromatic heterocycles. The zero-order valence-electron chi connectivity index (χ0n) is 19.5. The number of carbonyl (C=O) groups is 1. The molecule has 2 heterocycles. The monoisotopic (exact) mass is 484 g/mol. The van der Waals surface area contributed by atoms with Crippen LogP contribution in [-0.2, 0) is 16.0 Å². The summed E-state index contributed by atoms with van der Waals surface area (Å²) in [7, 11) is 3.95. The lowest BCUT2D eigenvalue weighted by molar-refractivity contribution is -0.121. The molecule has 34 heavy (non-hydrogen) atoms. The first-order chi connectivity index (χ1) is 16.4. The highest BCUT2D eigenvalue weighted by atomic mass is 32.2. The van der Waals surface area contributed by atoms with Crippen molar-refractivity contribution in [3.63, 3.8) is 0 Å². The van der Waals surface area contributed by atoms with Crippen molar-refractivity contribution in [2.24, 2.45) is 5.92 Å². The maximum atomic E-state index is 13.6. The average Bonchev–Trinajstić information content (AvgIpc) is 3.37. The molecule has 9 heteroatoms. The molecule has 1 aliphatic heterocycles. The number of rotatable bonds is 9. The third-order valence-electron chi connectivity index (χ3n) is 5.80. The number of aromatic amines is 1. The quantitative estimate of drug-likeness (QED) is 0.266. The number of thioether (sulfide) groups is 1. The van der Waals surface area contributed by atoms with E-state index in [2.05, 4.69) is 15.5 Å². The fourth-order valence-electron chi connectivity index (χ4n) is 3.62. The van der Waals surface area contributed by atoms with Crippen molar-refractivity contribution >= 4 is 23.4 Å². The highest BCUT2D eigenvalue weighted by Gasteiger charge is 2.27. The lowest BCUT2D eigenvalue weighted by atomic mass is 9.96. The second kappa shape index (κ2) is 11.0. The largest absolute Gasteiger partial charge is 0.492 e. The highest BCUT2D eigenvalue weighted by Crippen LogP contribution is 2.34. The Hall–Kier alpha value is -2.88. The van der Waals surface area contributed by atoms with Gasteiger partial charge in [-0.15, -0.1) is 11.8 Å². The van der Waals surface area contributed by atoms with Crippen LogP contribution in [0.25, 0.3) is 11.1 Å². The van der Waals surface area contributed by atoms with E-state index in [9.17, 15) is 9.18 Å². The van der Waals surface area contributed by atoms with Crippen molar-refractivity contribution in [3.8, 4) is 16.9 Å². The molecule has 0 saturated carbocycles. The molecule has 2 N–H and O–H groups in total. The van der Waals surface area contributed by atoms with Gasteiger partial charge in [-0.1, -0.05) is 6.07 Å². The molecule has 0 radical (unpaired) electrons. The van der Waals surface area contributed by atoms with E-state index in [0.29, 0.717) is 24.3 Å². The van der Waals surface area contributed by atoms with Crippen molar-refractivity contribution in [2.45, 2.75) is 24.5 Å². The first-order valence-electron chi connectivity index (χ1n) is 11.2. The summed E-state index contributed by atoms with van der Waals surface area (Å²) in [5, 5.41) is 9.92. The Morgan fingerprint density at radius 2 is 2.18 bits per heavy atom. The van der Waals surface area contributed by atoms with Crippen molar-refractivity contribution < 1.29 is 18.7 Å². The molecule has 0 saturated heterocycles. The number of benzene rings is 2. The van der Waals surface area contributed by atoms with Crippen LogP contribution in [0.4, 0.5) is 10.1 Å². The highest BCUT2D eigenvalue weighted by molar-refractivity contribution is 7.99. The third-order valence-corrected chi connectivity index (χ3v) is 6.82. The van der Waals surface area contributed by atoms with Gasteiger partial charge in [-0.05, 0) is 68.9 Å². The van der Waals surface area contributed by atoms with Gasteiger partial charge in [0.05, 0.1) is 24.4 Å². The van der Waals surface area contributed by atoms with Crippen LogP contribution >= 0.6 is 11.8 Å². The number of nitrogens with zero attached hydrogens (tertiary/aromatic N) is 2. The Morgan fingerprint density at radius 3 is 2.94 bits per heavy atom. The Labute approximate surface area is 203 Å². The molecular weight excluding hydrogens is 455 g/mol. The predicted molar refractivity (Wildman–Crippen MR) is 132 cm³/mol. The fraction of sp³-hybridized carbons (Fsp3) is 0.360. The topological polar surface area (TPSA) is 79.5 Å². The van der Waals surface area contributed by atoms with Crippen molar-refractivity contribution in [1.29, 1.82) is 0 Å². The maximum absolute atomic E-state index is 13.6. The second-order valence-corrected chi connectivity index (χ2v) is 9.57. The van der Waals surface area contributed by atoms with Crippen LogP contribution in [0.1, 0.15) is 12.5 Å². The lowest BCUT2D eigenvalue weighted by Crippen LogP contribution is -2.32. The summed E-state index contributed by atoms with van der Waals surface area (Å²) in [6.07, 6.45) is 4.06. The van der Waals surface area contributed by atoms with Crippen LogP contribution in [0.15, 0.2) is 53.7 Å². The zero-order chi connectivity index (χ0) is 24.1. The third kappa shape index (κ3) is 5.97. The summed E-state index contributed by atoms with van der Waals surface area (Å²) >= 11 is 1.62. The molecule has 1 aliphatic rings. The summed E-state index contributed by atoms with van der Waals surface area (Å²) in [5.74, 6) is 0.492. The molecule has 4 rings (SSSR count). The number of nitrogens with one attached hydrogen (secondary N) is 2. The minimum absolute atomic E-state index is 0.0241. The van der Waals surface area contributed by atoms with E-state index >= 15 is 0 Å². The van der Waals surface area contributed by atoms with Gasteiger partial charge in [0.25, 0.3) is 0 Å². The zero-order valence-corrected chi connectivity index (χ0v) is 20.3. The minimum Gasteiger partial charge on any atom is -0.492 e. The number of hydrogen-bond donors (Lipinski definition) is 2. The number of ether oxygens (including phenoxy) is 2. The van der Waals surface area contributed by atoms with Gasteiger partial charge in [0.15, 0.2) is 0 Å². The predicted octanol–water partition coefficient (Wildman–Crippen LogP) is 4.42. The standard InChI is InChI=1S/C25H29FN4O3S/c1-16(30(2)3)32-8-9-34-24-12-17(20-13-27-28-14-20)4-6-22(24)29-25(31)19-10-18-11-21(26)5-7-23(18)33-15-19/h4-7,11-14,16,19H,8-10,15H2,1-3H3,(H,27,28)(H,29,31). The van der Waals surface area contributed by atoms with E-state index < -0.39 is 5.92 Å². The molecule has 7 nitrogen and oxygen atoms in total. The number of carbonyl (C=O) groups excluding carboxylic acids is 1. The summed E-state index contributed by atoms with van der Waals surface area (Å²) < 4.78 is 25.2. The van der Waals surface area contributed by atoms with Gasteiger partial charge in [-0.25, -0.2) is 4.39 Å². The molecule has 1 amide bonds. The summed E-state index contributed by atoms with van der Waals surface area (Å²) in [4.78, 5) is 16.0. The molecule has 2 unspecified atom stereocenters. The van der Waals surface area contributed by atoms with Gasteiger partial charge in [0.1, 0.15) is 24.4 Å². The molecule has 0 aliphatic carbocycles. The molecule has 0 fully saturated rings. The van der Waals surface area contributed by atoms with Crippen molar-refractivity contribution in [2.75, 3.05) is 38.4 Å². The van der Waals surface area contributed by atoms with Crippen LogP contribution < -0.4 is 10.1 Å². The smallest absolute Gasteiger partial charge is 0.231 e. The molecule has 2 aromatic carbocycles. The number of aromatic nitrogens is 2. The number of halogens is 1. The lowest BCUT2D eigenvalue weighted by Gasteiger charge is -2.25. The minimum atomic E-state index is -0.398. The van der Waals surface area contributed by atoms with Gasteiger partial charge in [0, 0.05) is 22.4 Å². The van der Waals surface area contributed by atoms with E-state index in [1.807, 2.05) is 50.3 Å². The van der Waals surface area contributed by atoms with Crippen LogP contribution in [0.3, 0.4) is 0 Å². The van der Waals surface area contributed by atoms with E-state index in [4.69, 9.17) is 9.47 Å². The number of anilines is 1. The first-order valence-corrected chi connectivity index (χ1v) is 12.2. The molecular formula is C25H29FN4O3S. The Kier molecular flexibility index (Phi) is 7.87. The normalized spacial score (nSPS) is 16.1. The van der Waals surface area contributed by atoms with Crippen molar-refractivity contribution in [1.82, 2.24) is 15.1 Å². The number of amides is 1. The average molecular weight is 485 g/mol. The van der Waals surface area contributed by atoms with Gasteiger partial charge in [-0.2, -0.15) is 5.10 Å². The Morgan fingerprint density at radius 1 is 1.32 bits per heavy atom. The van der Waals surface area contributed by atoms with Gasteiger partial charge in [0.2, 0.25) is 5.91 Å². The number of H-pyrrole nitrogens is 1. The fourth-order valence-corrected chi connectivity index (χ4v) is 4.50. The van der Waals surface area contributed by atoms with E-state index in [1.54, 1.807) is 24.0 Å². The van der Waals surface area contributed by atoms with Crippen LogP contribution in [0.5, 0.6) is 5.75 Å². The van der Waals surface area contributed by atoms with Gasteiger partial charge < -0.3 is 14.8 Å². The molecule has 2 atom stereocenters. The van der Waals surface area contributed by atoms with E-state index in [1.165, 1.54) is 12.1 Å². The molecule has 0 spiro atoms. The summed E-state index contributed by atoms with van der Waals surface area (Å²) in [6.45, 7) is 2.84. The summed E-state index contributed by atoms with van der Waals surface area (Å²) in [5.41, 5.74) is 3.41. The van der Waals surface area contributed by atoms with Crippen LogP contribution in [0, 0.1) is 11.7 Å². The maximum Gasteiger partial charge on any atom is 0.231 e.